The summed E-state index contributed by atoms with van der Waals surface area (Å²) in [6.45, 7) is 1.99. The van der Waals surface area contributed by atoms with Crippen molar-refractivity contribution in [3.05, 3.63) is 135 Å². The van der Waals surface area contributed by atoms with Crippen molar-refractivity contribution in [2.75, 3.05) is 7.11 Å². The molecule has 0 bridgehead atoms. The van der Waals surface area contributed by atoms with Crippen molar-refractivity contribution in [3.8, 4) is 22.7 Å². The molecule has 0 spiro atoms. The fraction of sp³-hybridized carbons (Fsp3) is 0.194. The minimum atomic E-state index is -0.690. The fourth-order valence-corrected chi connectivity index (χ4v) is 6.70. The van der Waals surface area contributed by atoms with Crippen LogP contribution in [0, 0.1) is 6.92 Å². The SMILES string of the molecule is COc1ccc(-n2nc(C[C@H](C(=O)N3C(=O)O[C@@H]4Cc5ccccc5[C@@H]43)c3cccc(C)c3)cc2-c2ccc(Cl)c(Cl)c2)cc1.S. The monoisotopic (exact) mass is 671 g/mol. The molecule has 7 nitrogen and oxygen atoms in total. The third-order valence-electron chi connectivity index (χ3n) is 8.56. The summed E-state index contributed by atoms with van der Waals surface area (Å²) >= 11 is 12.7. The van der Waals surface area contributed by atoms with Crippen LogP contribution >= 0.6 is 36.7 Å². The van der Waals surface area contributed by atoms with E-state index in [2.05, 4.69) is 0 Å². The standard InChI is InChI=1S/C36H29Cl2N3O4.H2S/c1-21-6-5-8-22(16-21)29(35(42)40-34-28-9-4-3-7-23(28)18-33(34)45-36(40)43)19-25-20-32(24-10-15-30(37)31(38)17-24)41(39-25)26-11-13-27(44-2)14-12-26;/h3-17,20,29,33-34H,18-19H2,1-2H3;1H2/t29-,33+,34-;/m0./s1. The van der Waals surface area contributed by atoms with Gasteiger partial charge in [-0.15, -0.1) is 0 Å². The molecule has 3 atom stereocenters. The number of amides is 2. The largest absolute Gasteiger partial charge is 0.497 e. The van der Waals surface area contributed by atoms with E-state index in [0.717, 1.165) is 44.9 Å². The number of carbonyl (C=O) groups excluding carboxylic acids is 2. The van der Waals surface area contributed by atoms with Gasteiger partial charge in [0.1, 0.15) is 17.9 Å². The Kier molecular flexibility index (Phi) is 8.88. The van der Waals surface area contributed by atoms with E-state index in [1.165, 1.54) is 4.90 Å². The van der Waals surface area contributed by atoms with Crippen LogP contribution in [0.4, 0.5) is 4.79 Å². The number of methoxy groups -OCH3 is 1. The van der Waals surface area contributed by atoms with Gasteiger partial charge in [0.05, 0.1) is 40.1 Å². The van der Waals surface area contributed by atoms with Crippen LogP contribution in [0.15, 0.2) is 97.1 Å². The van der Waals surface area contributed by atoms with E-state index in [0.29, 0.717) is 22.2 Å². The molecular formula is C36H31Cl2N3O4S. The number of aromatic nitrogens is 2. The molecule has 0 unspecified atom stereocenters. The van der Waals surface area contributed by atoms with Crippen LogP contribution < -0.4 is 4.74 Å². The molecule has 10 heteroatoms. The molecule has 7 rings (SSSR count). The second-order valence-corrected chi connectivity index (χ2v) is 12.2. The van der Waals surface area contributed by atoms with Crippen molar-refractivity contribution in [1.29, 1.82) is 0 Å². The molecule has 0 radical (unpaired) electrons. The van der Waals surface area contributed by atoms with Gasteiger partial charge in [-0.1, -0.05) is 83.4 Å². The second-order valence-electron chi connectivity index (χ2n) is 11.4. The van der Waals surface area contributed by atoms with E-state index in [9.17, 15) is 9.59 Å². The van der Waals surface area contributed by atoms with E-state index in [1.54, 1.807) is 19.2 Å². The van der Waals surface area contributed by atoms with Crippen molar-refractivity contribution < 1.29 is 19.1 Å². The third-order valence-corrected chi connectivity index (χ3v) is 9.30. The number of benzene rings is 4. The van der Waals surface area contributed by atoms with Crippen molar-refractivity contribution in [1.82, 2.24) is 14.7 Å². The molecule has 2 heterocycles. The topological polar surface area (TPSA) is 73.7 Å². The second kappa shape index (κ2) is 12.9. The number of hydrogen-bond acceptors (Lipinski definition) is 5. The molecule has 1 saturated heterocycles. The Labute approximate surface area is 284 Å². The van der Waals surface area contributed by atoms with Gasteiger partial charge >= 0.3 is 6.09 Å². The maximum Gasteiger partial charge on any atom is 0.417 e. The van der Waals surface area contributed by atoms with Gasteiger partial charge in [-0.2, -0.15) is 18.6 Å². The first-order valence-corrected chi connectivity index (χ1v) is 15.4. The molecule has 2 amide bonds. The van der Waals surface area contributed by atoms with Crippen molar-refractivity contribution in [3.63, 3.8) is 0 Å². The molecule has 1 aliphatic carbocycles. The molecule has 1 aromatic heterocycles. The van der Waals surface area contributed by atoms with Crippen LogP contribution in [0.1, 0.15) is 39.9 Å². The van der Waals surface area contributed by atoms with E-state index in [4.69, 9.17) is 37.8 Å². The Morgan fingerprint density at radius 2 is 1.76 bits per heavy atom. The highest BCUT2D eigenvalue weighted by atomic mass is 35.5. The maximum atomic E-state index is 14.6. The van der Waals surface area contributed by atoms with Gasteiger partial charge in [0.25, 0.3) is 0 Å². The van der Waals surface area contributed by atoms with Gasteiger partial charge in [-0.05, 0) is 66.1 Å². The highest BCUT2D eigenvalue weighted by Gasteiger charge is 2.51. The maximum absolute atomic E-state index is 14.6. The Hall–Kier alpha value is -4.24. The summed E-state index contributed by atoms with van der Waals surface area (Å²) < 4.78 is 12.9. The minimum Gasteiger partial charge on any atom is -0.497 e. The lowest BCUT2D eigenvalue weighted by Gasteiger charge is -2.25. The van der Waals surface area contributed by atoms with E-state index >= 15 is 0 Å². The number of hydrogen-bond donors (Lipinski definition) is 0. The zero-order valence-corrected chi connectivity index (χ0v) is 27.6. The lowest BCUT2D eigenvalue weighted by atomic mass is 9.90. The predicted octanol–water partition coefficient (Wildman–Crippen LogP) is 8.25. The Balaban J connectivity index is 0.00000372. The van der Waals surface area contributed by atoms with Crippen LogP contribution in [0.5, 0.6) is 5.75 Å². The smallest absolute Gasteiger partial charge is 0.417 e. The summed E-state index contributed by atoms with van der Waals surface area (Å²) in [5, 5.41) is 5.87. The lowest BCUT2D eigenvalue weighted by molar-refractivity contribution is -0.131. The first kappa shape index (κ1) is 31.7. The highest BCUT2D eigenvalue weighted by molar-refractivity contribution is 7.59. The number of fused-ring (bicyclic) bond motifs is 3. The first-order chi connectivity index (χ1) is 21.8. The van der Waals surface area contributed by atoms with Gasteiger partial charge in [0.15, 0.2) is 0 Å². The summed E-state index contributed by atoms with van der Waals surface area (Å²) in [6.07, 6.45) is -0.164. The van der Waals surface area contributed by atoms with Gasteiger partial charge in [-0.25, -0.2) is 14.4 Å². The number of rotatable bonds is 7. The summed E-state index contributed by atoms with van der Waals surface area (Å²) in [4.78, 5) is 29.1. The minimum absolute atomic E-state index is 0. The van der Waals surface area contributed by atoms with Crippen molar-refractivity contribution in [2.24, 2.45) is 0 Å². The van der Waals surface area contributed by atoms with E-state index in [1.807, 2.05) is 96.5 Å². The highest BCUT2D eigenvalue weighted by Crippen LogP contribution is 2.44. The average Bonchev–Trinajstić information content (AvgIpc) is 3.72. The van der Waals surface area contributed by atoms with E-state index < -0.39 is 24.2 Å². The fourth-order valence-electron chi connectivity index (χ4n) is 6.40. The normalized spacial score (nSPS) is 17.1. The van der Waals surface area contributed by atoms with Gasteiger partial charge < -0.3 is 9.47 Å². The zero-order chi connectivity index (χ0) is 31.2. The van der Waals surface area contributed by atoms with Crippen LogP contribution in [-0.2, 0) is 22.4 Å². The van der Waals surface area contributed by atoms with Crippen LogP contribution in [-0.4, -0.2) is 39.9 Å². The molecule has 4 aromatic carbocycles. The van der Waals surface area contributed by atoms with Gasteiger partial charge in [0.2, 0.25) is 5.91 Å². The molecule has 0 N–H and O–H groups in total. The number of halogens is 2. The summed E-state index contributed by atoms with van der Waals surface area (Å²) in [5.74, 6) is -0.286. The zero-order valence-electron chi connectivity index (χ0n) is 25.1. The Morgan fingerprint density at radius 1 is 0.978 bits per heavy atom. The quantitative estimate of drug-likeness (QED) is 0.174. The Morgan fingerprint density at radius 3 is 2.50 bits per heavy atom. The summed E-state index contributed by atoms with van der Waals surface area (Å²) in [6, 6.07) is 30.2. The number of aryl methyl sites for hydroxylation is 1. The summed E-state index contributed by atoms with van der Waals surface area (Å²) in [5.41, 5.74) is 6.92. The Bertz CT molecular complexity index is 1940. The van der Waals surface area contributed by atoms with Gasteiger partial charge in [0, 0.05) is 18.4 Å². The van der Waals surface area contributed by atoms with E-state index in [-0.39, 0.29) is 25.8 Å². The molecule has 234 valence electrons. The number of carbonyl (C=O) groups is 2. The molecule has 46 heavy (non-hydrogen) atoms. The molecule has 2 aliphatic rings. The molecule has 1 aliphatic heterocycles. The first-order valence-electron chi connectivity index (χ1n) is 14.7. The third kappa shape index (κ3) is 5.77. The number of imide groups is 1. The molecule has 0 saturated carbocycles. The number of nitrogens with zero attached hydrogens (tertiary/aromatic N) is 3. The number of ether oxygens (including phenoxy) is 2. The predicted molar refractivity (Wildman–Crippen MR) is 184 cm³/mol. The average molecular weight is 673 g/mol. The van der Waals surface area contributed by atoms with Crippen molar-refractivity contribution in [2.45, 2.75) is 37.8 Å². The molecular weight excluding hydrogens is 641 g/mol. The van der Waals surface area contributed by atoms with Gasteiger partial charge in [-0.3, -0.25) is 4.79 Å². The molecule has 5 aromatic rings. The van der Waals surface area contributed by atoms with Crippen LogP contribution in [0.3, 0.4) is 0 Å². The summed E-state index contributed by atoms with van der Waals surface area (Å²) in [7, 11) is 1.62. The van der Waals surface area contributed by atoms with Crippen LogP contribution in [0.25, 0.3) is 16.9 Å². The van der Waals surface area contributed by atoms with Crippen molar-refractivity contribution >= 4 is 48.7 Å². The van der Waals surface area contributed by atoms with Crippen LogP contribution in [0.2, 0.25) is 10.0 Å². The lowest BCUT2D eigenvalue weighted by Crippen LogP contribution is -2.38. The molecule has 1 fully saturated rings.